The Balaban J connectivity index is 4.69. The van der Waals surface area contributed by atoms with Gasteiger partial charge in [0, 0.05) is 12.6 Å². The average Bonchev–Trinajstić information content (AvgIpc) is 1.96. The molecule has 0 aromatic carbocycles. The van der Waals surface area contributed by atoms with E-state index in [0.29, 0.717) is 0 Å². The number of nitrogens with one attached hydrogen (secondary N) is 2. The van der Waals surface area contributed by atoms with Crippen LogP contribution in [0.2, 0.25) is 0 Å². The van der Waals surface area contributed by atoms with Crippen LogP contribution in [0.25, 0.3) is 0 Å². The van der Waals surface area contributed by atoms with Gasteiger partial charge in [0.1, 0.15) is 11.0 Å². The van der Waals surface area contributed by atoms with Crippen LogP contribution in [0.3, 0.4) is 0 Å². The lowest BCUT2D eigenvalue weighted by molar-refractivity contribution is 0.511. The van der Waals surface area contributed by atoms with Crippen LogP contribution < -0.4 is 5.32 Å². The highest BCUT2D eigenvalue weighted by molar-refractivity contribution is 6.67. The highest BCUT2D eigenvalue weighted by Crippen LogP contribution is 2.04. The molecule has 0 heterocycles. The maximum absolute atomic E-state index is 7.13. The summed E-state index contributed by atoms with van der Waals surface area (Å²) in [5.41, 5.74) is 0.820. The van der Waals surface area contributed by atoms with E-state index in [2.05, 4.69) is 31.1 Å². The molecule has 0 aromatic heterocycles. The average molecular weight is 216 g/mol. The summed E-state index contributed by atoms with van der Waals surface area (Å²) >= 11 is 5.47. The Kier molecular flexibility index (Phi) is 4.85. The van der Waals surface area contributed by atoms with Crippen LogP contribution in [0.1, 0.15) is 27.7 Å². The Hall–Kier alpha value is -0.830. The highest BCUT2D eigenvalue weighted by atomic mass is 35.5. The Labute approximate surface area is 90.8 Å². The fourth-order valence-electron chi connectivity index (χ4n) is 0.944. The molecule has 0 fully saturated rings. The number of hydrogen-bond donors (Lipinski definition) is 2. The second-order valence-corrected chi connectivity index (χ2v) is 4.53. The van der Waals surface area contributed by atoms with E-state index in [0.717, 1.165) is 11.4 Å². The smallest absolute Gasteiger partial charge is 0.124 e. The van der Waals surface area contributed by atoms with Gasteiger partial charge in [0.05, 0.1) is 0 Å². The van der Waals surface area contributed by atoms with Crippen molar-refractivity contribution in [3.63, 3.8) is 0 Å². The number of amidine groups is 1. The summed E-state index contributed by atoms with van der Waals surface area (Å²) < 4.78 is 0. The third kappa shape index (κ3) is 5.75. The zero-order chi connectivity index (χ0) is 11.4. The van der Waals surface area contributed by atoms with Crippen molar-refractivity contribution in [3.8, 4) is 0 Å². The fraction of sp³-hybridized carbons (Fsp3) is 0.600. The summed E-state index contributed by atoms with van der Waals surface area (Å²) in [5.74, 6) is 0.767. The minimum Gasteiger partial charge on any atom is -0.366 e. The molecule has 0 amide bonds. The number of allylic oxidation sites excluding steroid dienone is 1. The first-order chi connectivity index (χ1) is 6.26. The summed E-state index contributed by atoms with van der Waals surface area (Å²) in [6, 6.07) is 0. The molecule has 14 heavy (non-hydrogen) atoms. The van der Waals surface area contributed by atoms with Gasteiger partial charge in [-0.05, 0) is 39.3 Å². The largest absolute Gasteiger partial charge is 0.366 e. The van der Waals surface area contributed by atoms with Gasteiger partial charge in [-0.1, -0.05) is 11.6 Å². The lowest BCUT2D eigenvalue weighted by Gasteiger charge is -2.23. The molecular weight excluding hydrogens is 198 g/mol. The number of halogens is 1. The van der Waals surface area contributed by atoms with Gasteiger partial charge in [0.25, 0.3) is 0 Å². The van der Waals surface area contributed by atoms with Gasteiger partial charge in [-0.3, -0.25) is 10.4 Å². The molecule has 0 saturated heterocycles. The summed E-state index contributed by atoms with van der Waals surface area (Å²) in [6.45, 7) is 8.03. The molecule has 2 N–H and O–H groups in total. The van der Waals surface area contributed by atoms with Gasteiger partial charge >= 0.3 is 0 Å². The predicted molar refractivity (Wildman–Crippen MR) is 63.6 cm³/mol. The molecule has 4 heteroatoms. The van der Waals surface area contributed by atoms with Crippen LogP contribution in [0.5, 0.6) is 0 Å². The van der Waals surface area contributed by atoms with Crippen molar-refractivity contribution < 1.29 is 0 Å². The molecule has 0 radical (unpaired) electrons. The van der Waals surface area contributed by atoms with Crippen molar-refractivity contribution in [1.82, 2.24) is 5.32 Å². The van der Waals surface area contributed by atoms with Crippen molar-refractivity contribution in [2.75, 3.05) is 7.05 Å². The number of aliphatic imine (C=N–C) groups is 1. The maximum Gasteiger partial charge on any atom is 0.124 e. The minimum absolute atomic E-state index is 0.0133. The van der Waals surface area contributed by atoms with Crippen LogP contribution >= 0.6 is 11.6 Å². The number of hydrogen-bond acceptors (Lipinski definition) is 2. The van der Waals surface area contributed by atoms with Crippen molar-refractivity contribution in [3.05, 3.63) is 11.6 Å². The first-order valence-electron chi connectivity index (χ1n) is 4.44. The maximum atomic E-state index is 7.13. The minimum atomic E-state index is -0.0432. The lowest BCUT2D eigenvalue weighted by Crippen LogP contribution is -2.41. The zero-order valence-corrected chi connectivity index (χ0v) is 10.2. The Morgan fingerprint density at radius 1 is 1.43 bits per heavy atom. The highest BCUT2D eigenvalue weighted by Gasteiger charge is 2.12. The second kappa shape index (κ2) is 5.15. The zero-order valence-electron chi connectivity index (χ0n) is 9.40. The summed E-state index contributed by atoms with van der Waals surface area (Å²) in [5, 5.41) is 10.4. The molecule has 3 nitrogen and oxygen atoms in total. The molecule has 0 atom stereocenters. The molecule has 0 saturated carbocycles. The Morgan fingerprint density at radius 2 is 1.93 bits per heavy atom. The summed E-state index contributed by atoms with van der Waals surface area (Å²) in [4.78, 5) is 4.11. The summed E-state index contributed by atoms with van der Waals surface area (Å²) in [6.07, 6.45) is 1.57. The summed E-state index contributed by atoms with van der Waals surface area (Å²) in [7, 11) is 1.71. The first kappa shape index (κ1) is 13.2. The van der Waals surface area contributed by atoms with Crippen LogP contribution in [-0.4, -0.2) is 23.6 Å². The van der Waals surface area contributed by atoms with Crippen LogP contribution in [0.4, 0.5) is 0 Å². The van der Waals surface area contributed by atoms with Gasteiger partial charge in [0.2, 0.25) is 0 Å². The van der Waals surface area contributed by atoms with E-state index in [-0.39, 0.29) is 10.7 Å². The lowest BCUT2D eigenvalue weighted by atomic mass is 10.1. The molecule has 0 aromatic rings. The molecule has 0 aliphatic heterocycles. The Morgan fingerprint density at radius 3 is 2.21 bits per heavy atom. The van der Waals surface area contributed by atoms with E-state index >= 15 is 0 Å². The molecule has 0 rings (SSSR count). The van der Waals surface area contributed by atoms with E-state index < -0.39 is 0 Å². The number of nitrogens with zero attached hydrogens (tertiary/aromatic N) is 1. The van der Waals surface area contributed by atoms with Crippen molar-refractivity contribution >= 4 is 22.6 Å². The molecule has 0 spiro atoms. The van der Waals surface area contributed by atoms with Gasteiger partial charge < -0.3 is 5.32 Å². The third-order valence-corrected chi connectivity index (χ3v) is 1.54. The van der Waals surface area contributed by atoms with E-state index in [4.69, 9.17) is 17.0 Å². The topological polar surface area (TPSA) is 48.2 Å². The second-order valence-electron chi connectivity index (χ2n) is 4.12. The van der Waals surface area contributed by atoms with Crippen LogP contribution in [-0.2, 0) is 0 Å². The van der Waals surface area contributed by atoms with Crippen LogP contribution in [0, 0.1) is 5.41 Å². The molecule has 0 aliphatic rings. The van der Waals surface area contributed by atoms with E-state index in [1.807, 2.05) is 6.92 Å². The van der Waals surface area contributed by atoms with E-state index in [9.17, 15) is 0 Å². The van der Waals surface area contributed by atoms with Gasteiger partial charge in [0.15, 0.2) is 0 Å². The van der Waals surface area contributed by atoms with Gasteiger partial charge in [-0.2, -0.15) is 0 Å². The standard InChI is InChI=1S/C10H18ClN3/c1-7(6-8(11)12)9(13-5)14-10(2,3)4/h6,12H,1-5H3,(H,13,14)/b7-6+,12-8?. The van der Waals surface area contributed by atoms with E-state index in [1.54, 1.807) is 13.1 Å². The van der Waals surface area contributed by atoms with Gasteiger partial charge in [-0.25, -0.2) is 0 Å². The number of rotatable bonds is 2. The van der Waals surface area contributed by atoms with Crippen LogP contribution in [0.15, 0.2) is 16.6 Å². The first-order valence-corrected chi connectivity index (χ1v) is 4.82. The quantitative estimate of drug-likeness (QED) is 0.540. The SMILES string of the molecule is C/N=C(NC(C)(C)C)\C(C)=C\C(=N)Cl. The van der Waals surface area contributed by atoms with Crippen molar-refractivity contribution in [1.29, 1.82) is 5.41 Å². The Bertz CT molecular complexity index is 272. The van der Waals surface area contributed by atoms with E-state index in [1.165, 1.54) is 0 Å². The third-order valence-electron chi connectivity index (χ3n) is 1.43. The molecule has 0 bridgehead atoms. The monoisotopic (exact) mass is 215 g/mol. The van der Waals surface area contributed by atoms with Crippen molar-refractivity contribution in [2.45, 2.75) is 33.2 Å². The molecular formula is C10H18ClN3. The molecule has 0 aliphatic carbocycles. The van der Waals surface area contributed by atoms with Crippen molar-refractivity contribution in [2.24, 2.45) is 4.99 Å². The van der Waals surface area contributed by atoms with Gasteiger partial charge in [-0.15, -0.1) is 0 Å². The predicted octanol–water partition coefficient (Wildman–Crippen LogP) is 2.57. The fourth-order valence-corrected chi connectivity index (χ4v) is 1.11. The normalized spacial score (nSPS) is 14.1. The molecule has 0 unspecified atom stereocenters. The molecule has 80 valence electrons.